The lowest BCUT2D eigenvalue weighted by Gasteiger charge is -2.10. The number of benzene rings is 2. The molecule has 0 unspecified atom stereocenters. The first-order valence-corrected chi connectivity index (χ1v) is 5.22. The highest BCUT2D eigenvalue weighted by Crippen LogP contribution is 2.28. The SMILES string of the molecule is NCc1cc(F)ccc1Oc1cccc(F)c1F. The molecule has 18 heavy (non-hydrogen) atoms. The van der Waals surface area contributed by atoms with Crippen LogP contribution in [0.4, 0.5) is 13.2 Å². The summed E-state index contributed by atoms with van der Waals surface area (Å²) in [5.41, 5.74) is 5.80. The van der Waals surface area contributed by atoms with E-state index < -0.39 is 17.5 Å². The van der Waals surface area contributed by atoms with Gasteiger partial charge in [0.05, 0.1) is 0 Å². The van der Waals surface area contributed by atoms with E-state index in [1.54, 1.807) is 0 Å². The van der Waals surface area contributed by atoms with Crippen molar-refractivity contribution in [3.05, 3.63) is 59.4 Å². The summed E-state index contributed by atoms with van der Waals surface area (Å²) in [7, 11) is 0. The van der Waals surface area contributed by atoms with Gasteiger partial charge in [-0.25, -0.2) is 8.78 Å². The molecule has 0 aliphatic heterocycles. The van der Waals surface area contributed by atoms with Gasteiger partial charge < -0.3 is 10.5 Å². The lowest BCUT2D eigenvalue weighted by Crippen LogP contribution is -2.01. The molecule has 2 nitrogen and oxygen atoms in total. The fraction of sp³-hybridized carbons (Fsp3) is 0.0769. The lowest BCUT2D eigenvalue weighted by molar-refractivity contribution is 0.412. The summed E-state index contributed by atoms with van der Waals surface area (Å²) >= 11 is 0. The zero-order valence-electron chi connectivity index (χ0n) is 9.29. The Hall–Kier alpha value is -2.01. The van der Waals surface area contributed by atoms with Gasteiger partial charge in [0, 0.05) is 12.1 Å². The van der Waals surface area contributed by atoms with Crippen molar-refractivity contribution in [2.24, 2.45) is 5.73 Å². The minimum absolute atomic E-state index is 0.0318. The second kappa shape index (κ2) is 5.10. The second-order valence-electron chi connectivity index (χ2n) is 3.61. The molecule has 94 valence electrons. The average molecular weight is 253 g/mol. The van der Waals surface area contributed by atoms with Gasteiger partial charge in [-0.2, -0.15) is 4.39 Å². The molecule has 0 saturated heterocycles. The predicted octanol–water partition coefficient (Wildman–Crippen LogP) is 3.35. The molecule has 5 heteroatoms. The van der Waals surface area contributed by atoms with Crippen molar-refractivity contribution < 1.29 is 17.9 Å². The highest BCUT2D eigenvalue weighted by molar-refractivity contribution is 5.38. The van der Waals surface area contributed by atoms with Gasteiger partial charge in [-0.1, -0.05) is 6.07 Å². The third-order valence-corrected chi connectivity index (χ3v) is 2.38. The minimum Gasteiger partial charge on any atom is -0.454 e. The molecule has 0 heterocycles. The van der Waals surface area contributed by atoms with Crippen molar-refractivity contribution >= 4 is 0 Å². The Morgan fingerprint density at radius 2 is 1.78 bits per heavy atom. The fourth-order valence-electron chi connectivity index (χ4n) is 1.49. The van der Waals surface area contributed by atoms with E-state index in [1.807, 2.05) is 0 Å². The summed E-state index contributed by atoms with van der Waals surface area (Å²) < 4.78 is 44.6. The second-order valence-corrected chi connectivity index (χ2v) is 3.61. The summed E-state index contributed by atoms with van der Waals surface area (Å²) in [6, 6.07) is 7.25. The normalized spacial score (nSPS) is 10.4. The van der Waals surface area contributed by atoms with E-state index >= 15 is 0 Å². The van der Waals surface area contributed by atoms with Gasteiger partial charge in [0.1, 0.15) is 11.6 Å². The van der Waals surface area contributed by atoms with Crippen molar-refractivity contribution in [2.75, 3.05) is 0 Å². The van der Waals surface area contributed by atoms with Gasteiger partial charge >= 0.3 is 0 Å². The maximum atomic E-state index is 13.4. The molecule has 0 fully saturated rings. The summed E-state index contributed by atoms with van der Waals surface area (Å²) in [5, 5.41) is 0. The quantitative estimate of drug-likeness (QED) is 0.910. The first-order valence-electron chi connectivity index (χ1n) is 5.22. The Labute approximate surface area is 102 Å². The molecule has 0 radical (unpaired) electrons. The minimum atomic E-state index is -1.09. The Morgan fingerprint density at radius 1 is 1.00 bits per heavy atom. The third-order valence-electron chi connectivity index (χ3n) is 2.38. The van der Waals surface area contributed by atoms with E-state index in [0.717, 1.165) is 12.1 Å². The van der Waals surface area contributed by atoms with Crippen LogP contribution in [-0.4, -0.2) is 0 Å². The van der Waals surface area contributed by atoms with Crippen LogP contribution >= 0.6 is 0 Å². The molecular formula is C13H10F3NO. The van der Waals surface area contributed by atoms with Gasteiger partial charge in [0.15, 0.2) is 11.6 Å². The molecule has 0 aliphatic rings. The number of nitrogens with two attached hydrogens (primary N) is 1. The van der Waals surface area contributed by atoms with E-state index in [-0.39, 0.29) is 18.0 Å². The van der Waals surface area contributed by atoms with Crippen LogP contribution in [0.5, 0.6) is 11.5 Å². The molecule has 0 amide bonds. The van der Waals surface area contributed by atoms with Crippen LogP contribution in [0.3, 0.4) is 0 Å². The molecule has 0 spiro atoms. The number of ether oxygens (including phenoxy) is 1. The van der Waals surface area contributed by atoms with E-state index in [4.69, 9.17) is 10.5 Å². The maximum Gasteiger partial charge on any atom is 0.201 e. The van der Waals surface area contributed by atoms with Gasteiger partial charge in [-0.15, -0.1) is 0 Å². The molecule has 0 aliphatic carbocycles. The zero-order chi connectivity index (χ0) is 13.1. The molecule has 2 rings (SSSR count). The highest BCUT2D eigenvalue weighted by Gasteiger charge is 2.12. The predicted molar refractivity (Wildman–Crippen MR) is 60.7 cm³/mol. The van der Waals surface area contributed by atoms with Crippen molar-refractivity contribution in [1.29, 1.82) is 0 Å². The molecule has 2 N–H and O–H groups in total. The van der Waals surface area contributed by atoms with Gasteiger partial charge in [-0.3, -0.25) is 0 Å². The topological polar surface area (TPSA) is 35.2 Å². The molecule has 0 atom stereocenters. The summed E-state index contributed by atoms with van der Waals surface area (Å²) in [5.74, 6) is -2.64. The van der Waals surface area contributed by atoms with Crippen molar-refractivity contribution in [2.45, 2.75) is 6.54 Å². The fourth-order valence-corrected chi connectivity index (χ4v) is 1.49. The number of rotatable bonds is 3. The standard InChI is InChI=1S/C13H10F3NO/c14-9-4-5-11(8(6-9)7-17)18-12-3-1-2-10(15)13(12)16/h1-6H,7,17H2. The van der Waals surface area contributed by atoms with Gasteiger partial charge in [0.25, 0.3) is 0 Å². The van der Waals surface area contributed by atoms with E-state index in [2.05, 4.69) is 0 Å². The van der Waals surface area contributed by atoms with Crippen LogP contribution in [0.2, 0.25) is 0 Å². The molecule has 0 bridgehead atoms. The zero-order valence-corrected chi connectivity index (χ0v) is 9.29. The first-order chi connectivity index (χ1) is 8.61. The molecular weight excluding hydrogens is 243 g/mol. The molecule has 2 aromatic rings. The Morgan fingerprint density at radius 3 is 2.50 bits per heavy atom. The van der Waals surface area contributed by atoms with Crippen molar-refractivity contribution in [3.8, 4) is 11.5 Å². The van der Waals surface area contributed by atoms with Crippen LogP contribution in [0.1, 0.15) is 5.56 Å². The molecule has 2 aromatic carbocycles. The smallest absolute Gasteiger partial charge is 0.201 e. The number of halogens is 3. The van der Waals surface area contributed by atoms with Crippen LogP contribution in [0.25, 0.3) is 0 Å². The number of hydrogen-bond acceptors (Lipinski definition) is 2. The summed E-state index contributed by atoms with van der Waals surface area (Å²) in [6.45, 7) is 0.0318. The maximum absolute atomic E-state index is 13.4. The summed E-state index contributed by atoms with van der Waals surface area (Å²) in [4.78, 5) is 0. The Bertz CT molecular complexity index is 572. The third kappa shape index (κ3) is 2.46. The lowest BCUT2D eigenvalue weighted by atomic mass is 10.2. The van der Waals surface area contributed by atoms with E-state index in [1.165, 1.54) is 24.3 Å². The van der Waals surface area contributed by atoms with Crippen LogP contribution in [0, 0.1) is 17.5 Å². The first kappa shape index (κ1) is 12.4. The Balaban J connectivity index is 2.37. The van der Waals surface area contributed by atoms with E-state index in [9.17, 15) is 13.2 Å². The van der Waals surface area contributed by atoms with Gasteiger partial charge in [0.2, 0.25) is 5.82 Å². The van der Waals surface area contributed by atoms with Gasteiger partial charge in [-0.05, 0) is 30.3 Å². The van der Waals surface area contributed by atoms with E-state index in [0.29, 0.717) is 5.56 Å². The number of hydrogen-bond donors (Lipinski definition) is 1. The van der Waals surface area contributed by atoms with Crippen LogP contribution in [-0.2, 0) is 6.54 Å². The van der Waals surface area contributed by atoms with Crippen LogP contribution in [0.15, 0.2) is 36.4 Å². The summed E-state index contributed by atoms with van der Waals surface area (Å²) in [6.07, 6.45) is 0. The van der Waals surface area contributed by atoms with Crippen molar-refractivity contribution in [1.82, 2.24) is 0 Å². The average Bonchev–Trinajstić information content (AvgIpc) is 2.37. The Kier molecular flexibility index (Phi) is 3.53. The highest BCUT2D eigenvalue weighted by atomic mass is 19.2. The molecule has 0 aromatic heterocycles. The van der Waals surface area contributed by atoms with Crippen LogP contribution < -0.4 is 10.5 Å². The largest absolute Gasteiger partial charge is 0.454 e. The molecule has 0 saturated carbocycles. The van der Waals surface area contributed by atoms with Crippen molar-refractivity contribution in [3.63, 3.8) is 0 Å². The monoisotopic (exact) mass is 253 g/mol.